The van der Waals surface area contributed by atoms with Crippen LogP contribution in [0.15, 0.2) is 24.3 Å². The van der Waals surface area contributed by atoms with Crippen molar-refractivity contribution in [3.63, 3.8) is 0 Å². The van der Waals surface area contributed by atoms with Crippen molar-refractivity contribution >= 4 is 0 Å². The normalized spacial score (nSPS) is 9.81. The average Bonchev–Trinajstić information content (AvgIpc) is 2.67. The summed E-state index contributed by atoms with van der Waals surface area (Å²) in [4.78, 5) is 0. The van der Waals surface area contributed by atoms with Crippen molar-refractivity contribution in [1.29, 1.82) is 5.26 Å². The van der Waals surface area contributed by atoms with E-state index in [1.165, 1.54) is 12.1 Å². The van der Waals surface area contributed by atoms with E-state index in [0.29, 0.717) is 5.88 Å². The zero-order valence-corrected chi connectivity index (χ0v) is 8.49. The smallest absolute Gasteiger partial charge is 0.238 e. The Hall–Kier alpha value is -2.35. The van der Waals surface area contributed by atoms with Crippen molar-refractivity contribution < 1.29 is 9.13 Å². The molecule has 0 unspecified atom stereocenters. The van der Waals surface area contributed by atoms with Crippen LogP contribution in [0.3, 0.4) is 0 Å². The van der Waals surface area contributed by atoms with Crippen molar-refractivity contribution in [1.82, 2.24) is 10.2 Å². The number of aromatic nitrogens is 2. The molecule has 16 heavy (non-hydrogen) atoms. The number of hydrogen-bond donors (Lipinski definition) is 1. The monoisotopic (exact) mass is 217 g/mol. The number of nitrogens with one attached hydrogen (secondary N) is 1. The first-order valence-electron chi connectivity index (χ1n) is 4.58. The number of hydrogen-bond acceptors (Lipinski definition) is 3. The number of H-pyrrole nitrogens is 1. The first-order valence-corrected chi connectivity index (χ1v) is 4.58. The van der Waals surface area contributed by atoms with Gasteiger partial charge in [-0.25, -0.2) is 4.39 Å². The maximum absolute atomic E-state index is 13.4. The number of aryl methyl sites for hydroxylation is 1. The lowest BCUT2D eigenvalue weighted by molar-refractivity contribution is 0.426. The van der Waals surface area contributed by atoms with Gasteiger partial charge in [0.25, 0.3) is 0 Å². The van der Waals surface area contributed by atoms with Crippen LogP contribution in [0.1, 0.15) is 11.3 Å². The molecular formula is C11H8FN3O. The highest BCUT2D eigenvalue weighted by Gasteiger charge is 2.07. The van der Waals surface area contributed by atoms with Crippen LogP contribution >= 0.6 is 0 Å². The van der Waals surface area contributed by atoms with E-state index in [-0.39, 0.29) is 11.3 Å². The lowest BCUT2D eigenvalue weighted by atomic mass is 10.2. The SMILES string of the molecule is Cc1cc(Oc2ccc(C#N)cc2F)n[nH]1. The van der Waals surface area contributed by atoms with Gasteiger partial charge in [-0.05, 0) is 25.1 Å². The minimum absolute atomic E-state index is 0.0468. The summed E-state index contributed by atoms with van der Waals surface area (Å²) in [5.74, 6) is -0.244. The second-order valence-corrected chi connectivity index (χ2v) is 3.25. The van der Waals surface area contributed by atoms with Crippen LogP contribution in [0, 0.1) is 24.1 Å². The van der Waals surface area contributed by atoms with Crippen LogP contribution in [0.5, 0.6) is 11.6 Å². The molecule has 0 spiro atoms. The summed E-state index contributed by atoms with van der Waals surface area (Å²) in [5.41, 5.74) is 1.08. The van der Waals surface area contributed by atoms with Crippen molar-refractivity contribution in [2.45, 2.75) is 6.92 Å². The number of benzene rings is 1. The second kappa shape index (κ2) is 4.03. The summed E-state index contributed by atoms with van der Waals surface area (Å²) in [7, 11) is 0. The largest absolute Gasteiger partial charge is 0.434 e. The first-order chi connectivity index (χ1) is 7.69. The van der Waals surface area contributed by atoms with Gasteiger partial charge in [-0.2, -0.15) is 5.26 Å². The lowest BCUT2D eigenvalue weighted by Crippen LogP contribution is -1.89. The Morgan fingerprint density at radius 1 is 1.44 bits per heavy atom. The number of nitrogens with zero attached hydrogens (tertiary/aromatic N) is 2. The van der Waals surface area contributed by atoms with E-state index in [9.17, 15) is 4.39 Å². The van der Waals surface area contributed by atoms with Gasteiger partial charge in [-0.1, -0.05) is 0 Å². The molecule has 1 aromatic carbocycles. The van der Waals surface area contributed by atoms with E-state index in [1.54, 1.807) is 6.07 Å². The summed E-state index contributed by atoms with van der Waals surface area (Å²) in [6.45, 7) is 1.81. The molecule has 2 rings (SSSR count). The minimum Gasteiger partial charge on any atom is -0.434 e. The molecule has 5 heteroatoms. The zero-order chi connectivity index (χ0) is 11.5. The first kappa shape index (κ1) is 10.2. The summed E-state index contributed by atoms with van der Waals surface area (Å²) in [5, 5.41) is 15.1. The molecule has 1 heterocycles. The molecule has 0 aliphatic heterocycles. The van der Waals surface area contributed by atoms with E-state index in [4.69, 9.17) is 10.00 Å². The Kier molecular flexibility index (Phi) is 2.56. The Bertz CT molecular complexity index is 557. The van der Waals surface area contributed by atoms with E-state index in [0.717, 1.165) is 11.8 Å². The molecule has 0 fully saturated rings. The molecule has 0 aliphatic carbocycles. The molecule has 2 aromatic rings. The van der Waals surface area contributed by atoms with E-state index < -0.39 is 5.82 Å². The third-order valence-corrected chi connectivity index (χ3v) is 1.96. The molecule has 4 nitrogen and oxygen atoms in total. The van der Waals surface area contributed by atoms with Gasteiger partial charge in [-0.15, -0.1) is 5.10 Å². The van der Waals surface area contributed by atoms with Gasteiger partial charge in [0.05, 0.1) is 11.6 Å². The zero-order valence-electron chi connectivity index (χ0n) is 8.49. The van der Waals surface area contributed by atoms with Gasteiger partial charge >= 0.3 is 0 Å². The molecule has 0 amide bonds. The molecule has 80 valence electrons. The van der Waals surface area contributed by atoms with Gasteiger partial charge in [0, 0.05) is 11.8 Å². The van der Waals surface area contributed by atoms with Crippen molar-refractivity contribution in [2.24, 2.45) is 0 Å². The molecule has 0 saturated carbocycles. The van der Waals surface area contributed by atoms with Gasteiger partial charge in [0.2, 0.25) is 5.88 Å². The second-order valence-electron chi connectivity index (χ2n) is 3.25. The van der Waals surface area contributed by atoms with Crippen molar-refractivity contribution in [3.05, 3.63) is 41.3 Å². The maximum Gasteiger partial charge on any atom is 0.238 e. The highest BCUT2D eigenvalue weighted by molar-refractivity contribution is 5.37. The van der Waals surface area contributed by atoms with Crippen LogP contribution < -0.4 is 4.74 Å². The van der Waals surface area contributed by atoms with Gasteiger partial charge in [-0.3, -0.25) is 5.10 Å². The van der Waals surface area contributed by atoms with Crippen LogP contribution in [-0.2, 0) is 0 Å². The quantitative estimate of drug-likeness (QED) is 0.840. The maximum atomic E-state index is 13.4. The molecule has 0 radical (unpaired) electrons. The number of halogens is 1. The highest BCUT2D eigenvalue weighted by atomic mass is 19.1. The molecular weight excluding hydrogens is 209 g/mol. The van der Waals surface area contributed by atoms with Crippen molar-refractivity contribution in [3.8, 4) is 17.7 Å². The summed E-state index contributed by atoms with van der Waals surface area (Å²) in [6, 6.07) is 7.50. The Morgan fingerprint density at radius 3 is 2.81 bits per heavy atom. The Morgan fingerprint density at radius 2 is 2.25 bits per heavy atom. The third kappa shape index (κ3) is 2.01. The fourth-order valence-corrected chi connectivity index (χ4v) is 1.21. The minimum atomic E-state index is -0.584. The molecule has 0 bridgehead atoms. The topological polar surface area (TPSA) is 61.7 Å². The predicted octanol–water partition coefficient (Wildman–Crippen LogP) is 2.52. The average molecular weight is 217 g/mol. The molecule has 1 aromatic heterocycles. The third-order valence-electron chi connectivity index (χ3n) is 1.96. The highest BCUT2D eigenvalue weighted by Crippen LogP contribution is 2.23. The molecule has 0 aliphatic rings. The Balaban J connectivity index is 2.26. The van der Waals surface area contributed by atoms with E-state index >= 15 is 0 Å². The van der Waals surface area contributed by atoms with Crippen molar-refractivity contribution in [2.75, 3.05) is 0 Å². The van der Waals surface area contributed by atoms with Gasteiger partial charge < -0.3 is 4.74 Å². The number of ether oxygens (including phenoxy) is 1. The number of rotatable bonds is 2. The van der Waals surface area contributed by atoms with Gasteiger partial charge in [0.15, 0.2) is 11.6 Å². The summed E-state index contributed by atoms with van der Waals surface area (Å²) < 4.78 is 18.6. The fourth-order valence-electron chi connectivity index (χ4n) is 1.21. The van der Waals surface area contributed by atoms with E-state index in [2.05, 4.69) is 10.2 Å². The summed E-state index contributed by atoms with van der Waals surface area (Å²) >= 11 is 0. The van der Waals surface area contributed by atoms with Crippen LogP contribution in [0.25, 0.3) is 0 Å². The van der Waals surface area contributed by atoms with Crippen LogP contribution in [0.2, 0.25) is 0 Å². The lowest BCUT2D eigenvalue weighted by Gasteiger charge is -2.02. The molecule has 0 saturated heterocycles. The van der Waals surface area contributed by atoms with Crippen LogP contribution in [-0.4, -0.2) is 10.2 Å². The van der Waals surface area contributed by atoms with E-state index in [1.807, 2.05) is 13.0 Å². The molecule has 1 N–H and O–H groups in total. The molecule has 0 atom stereocenters. The number of nitriles is 1. The summed E-state index contributed by atoms with van der Waals surface area (Å²) in [6.07, 6.45) is 0. The number of aromatic amines is 1. The van der Waals surface area contributed by atoms with Crippen LogP contribution in [0.4, 0.5) is 4.39 Å². The predicted molar refractivity (Wildman–Crippen MR) is 54.5 cm³/mol. The van der Waals surface area contributed by atoms with Gasteiger partial charge in [0.1, 0.15) is 0 Å². The standard InChI is InChI=1S/C11H8FN3O/c1-7-4-11(15-14-7)16-10-3-2-8(6-13)5-9(10)12/h2-5H,1H3,(H,14,15). The Labute approximate surface area is 91.3 Å². The fraction of sp³-hybridized carbons (Fsp3) is 0.0909.